The van der Waals surface area contributed by atoms with Crippen LogP contribution in [-0.2, 0) is 10.8 Å². The number of hydrogen-bond donors (Lipinski definition) is 0. The van der Waals surface area contributed by atoms with Gasteiger partial charge in [-0.15, -0.1) is 10.2 Å². The predicted octanol–water partition coefficient (Wildman–Crippen LogP) is 5.91. The lowest BCUT2D eigenvalue weighted by Gasteiger charge is -2.25. The van der Waals surface area contributed by atoms with E-state index in [0.29, 0.717) is 11.5 Å². The van der Waals surface area contributed by atoms with Gasteiger partial charge in [-0.1, -0.05) is 59.7 Å². The van der Waals surface area contributed by atoms with Gasteiger partial charge in [0.25, 0.3) is 11.6 Å². The summed E-state index contributed by atoms with van der Waals surface area (Å²) >= 11 is 0. The van der Waals surface area contributed by atoms with E-state index in [0.717, 1.165) is 5.56 Å². The maximum absolute atomic E-state index is 11.3. The highest BCUT2D eigenvalue weighted by atomic mass is 16.6. The lowest BCUT2D eigenvalue weighted by atomic mass is 9.79. The molecule has 0 bridgehead atoms. The normalized spacial score (nSPS) is 12.2. The number of nitrogens with zero attached hydrogens (tertiary/aromatic N) is 3. The van der Waals surface area contributed by atoms with Crippen LogP contribution in [0.3, 0.4) is 0 Å². The predicted molar refractivity (Wildman–Crippen MR) is 109 cm³/mol. The van der Waals surface area contributed by atoms with Gasteiger partial charge in [0.1, 0.15) is 5.56 Å². The Kier molecular flexibility index (Phi) is 4.83. The van der Waals surface area contributed by atoms with Crippen LogP contribution < -0.4 is 0 Å². The summed E-state index contributed by atoms with van der Waals surface area (Å²) < 4.78 is 5.86. The minimum absolute atomic E-state index is 0.0446. The number of nitro groups is 1. The van der Waals surface area contributed by atoms with Crippen molar-refractivity contribution in [2.24, 2.45) is 0 Å². The third kappa shape index (κ3) is 3.96. The Balaban J connectivity index is 2.13. The van der Waals surface area contributed by atoms with E-state index in [2.05, 4.69) is 57.8 Å². The monoisotopic (exact) mass is 379 g/mol. The van der Waals surface area contributed by atoms with E-state index in [-0.39, 0.29) is 22.4 Å². The van der Waals surface area contributed by atoms with E-state index in [1.807, 2.05) is 12.1 Å². The fourth-order valence-electron chi connectivity index (χ4n) is 2.88. The van der Waals surface area contributed by atoms with Gasteiger partial charge in [-0.2, -0.15) is 0 Å². The van der Waals surface area contributed by atoms with Gasteiger partial charge in [-0.25, -0.2) is 0 Å². The second-order valence-corrected chi connectivity index (χ2v) is 8.99. The molecule has 0 saturated heterocycles. The fraction of sp³-hybridized carbons (Fsp3) is 0.364. The molecule has 0 aliphatic rings. The molecular weight excluding hydrogens is 354 g/mol. The molecule has 0 fully saturated rings. The van der Waals surface area contributed by atoms with Crippen molar-refractivity contribution in [1.29, 1.82) is 0 Å². The summed E-state index contributed by atoms with van der Waals surface area (Å²) in [6.07, 6.45) is 0. The largest absolute Gasteiger partial charge is 0.416 e. The van der Waals surface area contributed by atoms with Crippen LogP contribution in [0.4, 0.5) is 5.69 Å². The lowest BCUT2D eigenvalue weighted by Crippen LogP contribution is -2.16. The Morgan fingerprint density at radius 1 is 0.857 bits per heavy atom. The number of aromatic nitrogens is 2. The number of para-hydroxylation sites is 1. The summed E-state index contributed by atoms with van der Waals surface area (Å²) in [5.74, 6) is 0.491. The standard InChI is InChI=1S/C22H25N3O3/c1-21(2,3)15-11-14(12-16(13-15)22(4,5)6)19-23-24-20(28-19)17-9-7-8-10-18(17)25(26)27/h7-13H,1-6H3. The minimum atomic E-state index is -0.447. The number of benzene rings is 2. The van der Waals surface area contributed by atoms with Crippen LogP contribution in [0.5, 0.6) is 0 Å². The van der Waals surface area contributed by atoms with E-state index in [1.165, 1.54) is 17.2 Å². The Labute approximate surface area is 164 Å². The summed E-state index contributed by atoms with van der Waals surface area (Å²) in [7, 11) is 0. The van der Waals surface area contributed by atoms with Crippen LogP contribution in [0.15, 0.2) is 46.9 Å². The van der Waals surface area contributed by atoms with Crippen molar-refractivity contribution < 1.29 is 9.34 Å². The van der Waals surface area contributed by atoms with Crippen LogP contribution in [-0.4, -0.2) is 15.1 Å². The van der Waals surface area contributed by atoms with Gasteiger partial charge in [0.15, 0.2) is 0 Å². The van der Waals surface area contributed by atoms with Crippen molar-refractivity contribution in [3.05, 3.63) is 63.7 Å². The highest BCUT2D eigenvalue weighted by Gasteiger charge is 2.24. The molecule has 0 amide bonds. The van der Waals surface area contributed by atoms with E-state index in [9.17, 15) is 10.1 Å². The zero-order valence-corrected chi connectivity index (χ0v) is 17.1. The average molecular weight is 379 g/mol. The molecule has 3 aromatic rings. The molecule has 1 aromatic heterocycles. The fourth-order valence-corrected chi connectivity index (χ4v) is 2.88. The zero-order chi connectivity index (χ0) is 20.7. The Hall–Kier alpha value is -3.02. The van der Waals surface area contributed by atoms with Crippen LogP contribution in [0.1, 0.15) is 52.7 Å². The van der Waals surface area contributed by atoms with Gasteiger partial charge in [0.2, 0.25) is 5.89 Å². The molecule has 28 heavy (non-hydrogen) atoms. The summed E-state index contributed by atoms with van der Waals surface area (Å²) in [6, 6.07) is 12.7. The van der Waals surface area contributed by atoms with Gasteiger partial charge in [-0.3, -0.25) is 10.1 Å². The van der Waals surface area contributed by atoms with Crippen molar-refractivity contribution in [3.63, 3.8) is 0 Å². The SMILES string of the molecule is CC(C)(C)c1cc(-c2nnc(-c3ccccc3[N+](=O)[O-])o2)cc(C(C)(C)C)c1. The third-order valence-corrected chi connectivity index (χ3v) is 4.67. The van der Waals surface area contributed by atoms with Crippen LogP contribution >= 0.6 is 0 Å². The maximum Gasteiger partial charge on any atom is 0.282 e. The van der Waals surface area contributed by atoms with Gasteiger partial charge in [-0.05, 0) is 40.2 Å². The number of rotatable bonds is 3. The second kappa shape index (κ2) is 6.86. The molecule has 0 saturated carbocycles. The molecule has 0 spiro atoms. The average Bonchev–Trinajstić information content (AvgIpc) is 3.10. The molecule has 6 nitrogen and oxygen atoms in total. The topological polar surface area (TPSA) is 82.1 Å². The molecule has 0 aliphatic carbocycles. The minimum Gasteiger partial charge on any atom is -0.416 e. The molecule has 0 N–H and O–H groups in total. The molecule has 3 rings (SSSR count). The van der Waals surface area contributed by atoms with E-state index >= 15 is 0 Å². The first kappa shape index (κ1) is 19.7. The smallest absolute Gasteiger partial charge is 0.282 e. The van der Waals surface area contributed by atoms with Gasteiger partial charge < -0.3 is 4.42 Å². The number of nitro benzene ring substituents is 1. The molecule has 0 unspecified atom stereocenters. The van der Waals surface area contributed by atoms with E-state index in [4.69, 9.17) is 4.42 Å². The van der Waals surface area contributed by atoms with Gasteiger partial charge >= 0.3 is 0 Å². The number of hydrogen-bond acceptors (Lipinski definition) is 5. The second-order valence-electron chi connectivity index (χ2n) is 8.99. The molecule has 1 heterocycles. The molecular formula is C22H25N3O3. The van der Waals surface area contributed by atoms with E-state index in [1.54, 1.807) is 18.2 Å². The molecule has 0 aliphatic heterocycles. The Morgan fingerprint density at radius 3 is 1.93 bits per heavy atom. The highest BCUT2D eigenvalue weighted by molar-refractivity contribution is 5.68. The van der Waals surface area contributed by atoms with Crippen LogP contribution in [0, 0.1) is 10.1 Å². The van der Waals surface area contributed by atoms with E-state index < -0.39 is 4.92 Å². The molecule has 2 aromatic carbocycles. The third-order valence-electron chi connectivity index (χ3n) is 4.67. The highest BCUT2D eigenvalue weighted by Crippen LogP contribution is 2.35. The first-order chi connectivity index (χ1) is 13.0. The summed E-state index contributed by atoms with van der Waals surface area (Å²) in [5, 5.41) is 19.5. The van der Waals surface area contributed by atoms with Crippen molar-refractivity contribution in [2.45, 2.75) is 52.4 Å². The van der Waals surface area contributed by atoms with Crippen LogP contribution in [0.25, 0.3) is 22.9 Å². The molecule has 0 atom stereocenters. The Morgan fingerprint density at radius 2 is 1.39 bits per heavy atom. The van der Waals surface area contributed by atoms with Crippen molar-refractivity contribution in [2.75, 3.05) is 0 Å². The zero-order valence-electron chi connectivity index (χ0n) is 17.1. The summed E-state index contributed by atoms with van der Waals surface area (Å²) in [5.41, 5.74) is 3.31. The first-order valence-electron chi connectivity index (χ1n) is 9.20. The first-order valence-corrected chi connectivity index (χ1v) is 9.20. The maximum atomic E-state index is 11.3. The molecule has 0 radical (unpaired) electrons. The van der Waals surface area contributed by atoms with Crippen molar-refractivity contribution in [1.82, 2.24) is 10.2 Å². The Bertz CT molecular complexity index is 992. The quantitative estimate of drug-likeness (QED) is 0.417. The van der Waals surface area contributed by atoms with Gasteiger partial charge in [0, 0.05) is 11.6 Å². The summed E-state index contributed by atoms with van der Waals surface area (Å²) in [4.78, 5) is 10.9. The van der Waals surface area contributed by atoms with Crippen LogP contribution in [0.2, 0.25) is 0 Å². The molecule has 146 valence electrons. The lowest BCUT2D eigenvalue weighted by molar-refractivity contribution is -0.384. The molecule has 6 heteroatoms. The van der Waals surface area contributed by atoms with Crippen molar-refractivity contribution >= 4 is 5.69 Å². The van der Waals surface area contributed by atoms with Crippen molar-refractivity contribution in [3.8, 4) is 22.9 Å². The summed E-state index contributed by atoms with van der Waals surface area (Å²) in [6.45, 7) is 12.9. The van der Waals surface area contributed by atoms with Gasteiger partial charge in [0.05, 0.1) is 4.92 Å².